The van der Waals surface area contributed by atoms with E-state index >= 15 is 0 Å². The van der Waals surface area contributed by atoms with E-state index in [0.717, 1.165) is 6.54 Å². The third kappa shape index (κ3) is 2.37. The first-order valence-corrected chi connectivity index (χ1v) is 5.66. The molecular weight excluding hydrogens is 189 g/mol. The lowest BCUT2D eigenvalue weighted by Crippen LogP contribution is -2.27. The van der Waals surface area contributed by atoms with Crippen LogP contribution < -0.4 is 0 Å². The van der Waals surface area contributed by atoms with Crippen LogP contribution in [0.4, 0.5) is 4.39 Å². The standard InChI is InChI=1S/C13H18FN/c1-10(2)15-8-7-12(9-15)11-3-5-13(14)6-4-11/h3-6,10,12H,7-9H2,1-2H3. The van der Waals surface area contributed by atoms with Crippen LogP contribution >= 0.6 is 0 Å². The summed E-state index contributed by atoms with van der Waals surface area (Å²) in [5.74, 6) is 0.450. The Bertz CT molecular complexity index is 318. The topological polar surface area (TPSA) is 3.24 Å². The van der Waals surface area contributed by atoms with Gasteiger partial charge in [-0.1, -0.05) is 12.1 Å². The van der Waals surface area contributed by atoms with Crippen LogP contribution in [0.3, 0.4) is 0 Å². The lowest BCUT2D eigenvalue weighted by atomic mass is 9.98. The number of nitrogens with zero attached hydrogens (tertiary/aromatic N) is 1. The molecule has 1 aliphatic rings. The zero-order chi connectivity index (χ0) is 10.8. The molecule has 1 aromatic carbocycles. The van der Waals surface area contributed by atoms with E-state index in [4.69, 9.17) is 0 Å². The smallest absolute Gasteiger partial charge is 0.123 e. The summed E-state index contributed by atoms with van der Waals surface area (Å²) in [5.41, 5.74) is 1.28. The number of hydrogen-bond acceptors (Lipinski definition) is 1. The molecule has 1 nitrogen and oxygen atoms in total. The summed E-state index contributed by atoms with van der Waals surface area (Å²) >= 11 is 0. The molecule has 1 aromatic rings. The molecule has 0 amide bonds. The number of benzene rings is 1. The maximum absolute atomic E-state index is 12.8. The number of likely N-dealkylation sites (tertiary alicyclic amines) is 1. The molecule has 2 rings (SSSR count). The Labute approximate surface area is 90.9 Å². The Balaban J connectivity index is 2.04. The van der Waals surface area contributed by atoms with Gasteiger partial charge in [0.1, 0.15) is 5.82 Å². The maximum atomic E-state index is 12.8. The fourth-order valence-electron chi connectivity index (χ4n) is 2.26. The average molecular weight is 207 g/mol. The molecule has 0 aromatic heterocycles. The van der Waals surface area contributed by atoms with Gasteiger partial charge in [-0.15, -0.1) is 0 Å². The van der Waals surface area contributed by atoms with E-state index in [9.17, 15) is 4.39 Å². The van der Waals surface area contributed by atoms with E-state index in [1.165, 1.54) is 18.5 Å². The van der Waals surface area contributed by atoms with Gasteiger partial charge in [0.05, 0.1) is 0 Å². The van der Waals surface area contributed by atoms with Crippen LogP contribution in [0.15, 0.2) is 24.3 Å². The van der Waals surface area contributed by atoms with Crippen molar-refractivity contribution in [3.63, 3.8) is 0 Å². The highest BCUT2D eigenvalue weighted by Crippen LogP contribution is 2.28. The van der Waals surface area contributed by atoms with Crippen LogP contribution in [0.1, 0.15) is 31.7 Å². The molecule has 0 spiro atoms. The molecule has 1 heterocycles. The molecule has 0 saturated carbocycles. The van der Waals surface area contributed by atoms with E-state index in [1.807, 2.05) is 12.1 Å². The van der Waals surface area contributed by atoms with Crippen LogP contribution in [-0.4, -0.2) is 24.0 Å². The summed E-state index contributed by atoms with van der Waals surface area (Å²) in [5, 5.41) is 0. The average Bonchev–Trinajstić information content (AvgIpc) is 2.68. The maximum Gasteiger partial charge on any atom is 0.123 e. The van der Waals surface area contributed by atoms with Crippen molar-refractivity contribution in [2.75, 3.05) is 13.1 Å². The van der Waals surface area contributed by atoms with Gasteiger partial charge in [0, 0.05) is 12.6 Å². The van der Waals surface area contributed by atoms with Gasteiger partial charge in [0.2, 0.25) is 0 Å². The largest absolute Gasteiger partial charge is 0.300 e. The van der Waals surface area contributed by atoms with Crippen molar-refractivity contribution < 1.29 is 4.39 Å². The van der Waals surface area contributed by atoms with Crippen molar-refractivity contribution in [2.24, 2.45) is 0 Å². The van der Waals surface area contributed by atoms with Gasteiger partial charge < -0.3 is 4.90 Å². The molecule has 1 aliphatic heterocycles. The minimum Gasteiger partial charge on any atom is -0.300 e. The van der Waals surface area contributed by atoms with Crippen molar-refractivity contribution in [1.82, 2.24) is 4.90 Å². The Kier molecular flexibility index (Phi) is 3.06. The second-order valence-electron chi connectivity index (χ2n) is 4.63. The summed E-state index contributed by atoms with van der Waals surface area (Å²) in [4.78, 5) is 2.48. The molecule has 0 N–H and O–H groups in total. The summed E-state index contributed by atoms with van der Waals surface area (Å²) in [6, 6.07) is 7.59. The van der Waals surface area contributed by atoms with Crippen molar-refractivity contribution in [1.29, 1.82) is 0 Å². The Morgan fingerprint density at radius 2 is 1.93 bits per heavy atom. The zero-order valence-electron chi connectivity index (χ0n) is 9.41. The van der Waals surface area contributed by atoms with E-state index in [2.05, 4.69) is 18.7 Å². The summed E-state index contributed by atoms with van der Waals surface area (Å²) in [6.07, 6.45) is 1.20. The van der Waals surface area contributed by atoms with Gasteiger partial charge >= 0.3 is 0 Å². The molecule has 1 atom stereocenters. The van der Waals surface area contributed by atoms with Crippen LogP contribution in [0.2, 0.25) is 0 Å². The van der Waals surface area contributed by atoms with Crippen LogP contribution in [0.25, 0.3) is 0 Å². The molecule has 0 bridgehead atoms. The SMILES string of the molecule is CC(C)N1CCC(c2ccc(F)cc2)C1. The number of hydrogen-bond donors (Lipinski definition) is 0. The first-order valence-electron chi connectivity index (χ1n) is 5.66. The van der Waals surface area contributed by atoms with Gasteiger partial charge in [-0.3, -0.25) is 0 Å². The van der Waals surface area contributed by atoms with Gasteiger partial charge in [-0.2, -0.15) is 0 Å². The molecule has 0 radical (unpaired) electrons. The van der Waals surface area contributed by atoms with E-state index in [1.54, 1.807) is 12.1 Å². The molecule has 0 aliphatic carbocycles. The second-order valence-corrected chi connectivity index (χ2v) is 4.63. The highest BCUT2D eigenvalue weighted by molar-refractivity contribution is 5.22. The summed E-state index contributed by atoms with van der Waals surface area (Å²) < 4.78 is 12.8. The quantitative estimate of drug-likeness (QED) is 0.720. The molecule has 15 heavy (non-hydrogen) atoms. The van der Waals surface area contributed by atoms with Crippen LogP contribution in [-0.2, 0) is 0 Å². The van der Waals surface area contributed by atoms with Crippen molar-refractivity contribution in [3.8, 4) is 0 Å². The normalized spacial score (nSPS) is 22.5. The van der Waals surface area contributed by atoms with E-state index in [-0.39, 0.29) is 5.82 Å². The second kappa shape index (κ2) is 4.31. The fourth-order valence-corrected chi connectivity index (χ4v) is 2.26. The minimum atomic E-state index is -0.141. The molecule has 1 unspecified atom stereocenters. The van der Waals surface area contributed by atoms with E-state index in [0.29, 0.717) is 12.0 Å². The lowest BCUT2D eigenvalue weighted by Gasteiger charge is -2.20. The van der Waals surface area contributed by atoms with Crippen molar-refractivity contribution >= 4 is 0 Å². The zero-order valence-corrected chi connectivity index (χ0v) is 9.41. The summed E-state index contributed by atoms with van der Waals surface area (Å²) in [6.45, 7) is 6.74. The highest BCUT2D eigenvalue weighted by atomic mass is 19.1. The van der Waals surface area contributed by atoms with Crippen LogP contribution in [0, 0.1) is 5.82 Å². The predicted octanol–water partition coefficient (Wildman–Crippen LogP) is 3.02. The molecule has 1 fully saturated rings. The van der Waals surface area contributed by atoms with Crippen LogP contribution in [0.5, 0.6) is 0 Å². The third-order valence-electron chi connectivity index (χ3n) is 3.29. The molecule has 2 heteroatoms. The lowest BCUT2D eigenvalue weighted by molar-refractivity contribution is 0.272. The van der Waals surface area contributed by atoms with Crippen molar-refractivity contribution in [3.05, 3.63) is 35.6 Å². The first kappa shape index (κ1) is 10.6. The van der Waals surface area contributed by atoms with E-state index < -0.39 is 0 Å². The Morgan fingerprint density at radius 3 is 2.47 bits per heavy atom. The number of halogens is 1. The van der Waals surface area contributed by atoms with Gasteiger partial charge in [-0.25, -0.2) is 4.39 Å². The summed E-state index contributed by atoms with van der Waals surface area (Å²) in [7, 11) is 0. The number of rotatable bonds is 2. The van der Waals surface area contributed by atoms with Gasteiger partial charge in [0.25, 0.3) is 0 Å². The molecular formula is C13H18FN. The third-order valence-corrected chi connectivity index (χ3v) is 3.29. The van der Waals surface area contributed by atoms with Crippen molar-refractivity contribution in [2.45, 2.75) is 32.2 Å². The molecule has 82 valence electrons. The minimum absolute atomic E-state index is 0.141. The monoisotopic (exact) mass is 207 g/mol. The predicted molar refractivity (Wildman–Crippen MR) is 60.5 cm³/mol. The van der Waals surface area contributed by atoms with Gasteiger partial charge in [-0.05, 0) is 50.4 Å². The Morgan fingerprint density at radius 1 is 1.27 bits per heavy atom. The Hall–Kier alpha value is -0.890. The van der Waals surface area contributed by atoms with Gasteiger partial charge in [0.15, 0.2) is 0 Å². The first-order chi connectivity index (χ1) is 7.16. The highest BCUT2D eigenvalue weighted by Gasteiger charge is 2.25. The molecule has 1 saturated heterocycles. The fraction of sp³-hybridized carbons (Fsp3) is 0.538.